The van der Waals surface area contributed by atoms with E-state index in [1.165, 1.54) is 0 Å². The van der Waals surface area contributed by atoms with Gasteiger partial charge in [0.1, 0.15) is 5.84 Å². The van der Waals surface area contributed by atoms with Crippen LogP contribution in [0.25, 0.3) is 5.57 Å². The Hall–Kier alpha value is -1.68. The molecule has 0 fully saturated rings. The normalized spacial score (nSPS) is 22.2. The summed E-state index contributed by atoms with van der Waals surface area (Å²) in [5.74, 6) is 1.84. The van der Waals surface area contributed by atoms with Crippen LogP contribution >= 0.6 is 11.6 Å². The van der Waals surface area contributed by atoms with E-state index in [0.29, 0.717) is 0 Å². The number of hydrogen-bond donors (Lipinski definition) is 1. The molecule has 1 atom stereocenters. The summed E-state index contributed by atoms with van der Waals surface area (Å²) < 4.78 is 0. The van der Waals surface area contributed by atoms with Crippen LogP contribution in [0.3, 0.4) is 0 Å². The maximum atomic E-state index is 6.03. The van der Waals surface area contributed by atoms with Crippen LogP contribution in [-0.4, -0.2) is 15.8 Å². The number of aryl methyl sites for hydroxylation is 1. The fraction of sp³-hybridized carbons (Fsp3) is 0.250. The second-order valence-electron chi connectivity index (χ2n) is 4.11. The lowest BCUT2D eigenvalue weighted by Gasteiger charge is -2.16. The maximum Gasteiger partial charge on any atom is 0.157 e. The minimum absolute atomic E-state index is 0.161. The molecule has 0 amide bonds. The van der Waals surface area contributed by atoms with Gasteiger partial charge in [-0.25, -0.2) is 15.0 Å². The van der Waals surface area contributed by atoms with Gasteiger partial charge in [0, 0.05) is 34.9 Å². The van der Waals surface area contributed by atoms with Gasteiger partial charge in [0.05, 0.1) is 5.92 Å². The van der Waals surface area contributed by atoms with Crippen molar-refractivity contribution in [3.63, 3.8) is 0 Å². The van der Waals surface area contributed by atoms with E-state index in [2.05, 4.69) is 20.3 Å². The van der Waals surface area contributed by atoms with Crippen molar-refractivity contribution >= 4 is 23.0 Å². The molecule has 3 heterocycles. The highest BCUT2D eigenvalue weighted by Crippen LogP contribution is 2.34. The summed E-state index contributed by atoms with van der Waals surface area (Å²) in [6.45, 7) is 1.96. The van der Waals surface area contributed by atoms with E-state index in [-0.39, 0.29) is 5.92 Å². The third-order valence-electron chi connectivity index (χ3n) is 2.88. The molecular weight excluding hydrogens is 236 g/mol. The Labute approximate surface area is 104 Å². The number of rotatable bonds is 1. The third-order valence-corrected chi connectivity index (χ3v) is 3.13. The van der Waals surface area contributed by atoms with Gasteiger partial charge in [-0.3, -0.25) is 0 Å². The Kier molecular flexibility index (Phi) is 2.44. The van der Waals surface area contributed by atoms with Crippen LogP contribution in [0.2, 0.25) is 0 Å². The zero-order valence-corrected chi connectivity index (χ0v) is 10.1. The number of nitrogens with zero attached hydrogens (tertiary/aromatic N) is 3. The molecule has 0 bridgehead atoms. The van der Waals surface area contributed by atoms with E-state index in [1.54, 1.807) is 12.4 Å². The second kappa shape index (κ2) is 3.96. The van der Waals surface area contributed by atoms with Gasteiger partial charge in [0.2, 0.25) is 0 Å². The van der Waals surface area contributed by atoms with E-state index in [4.69, 9.17) is 11.6 Å². The summed E-state index contributed by atoms with van der Waals surface area (Å²) in [5, 5.41) is 3.92. The first-order valence-corrected chi connectivity index (χ1v) is 5.80. The smallest absolute Gasteiger partial charge is 0.157 e. The van der Waals surface area contributed by atoms with Gasteiger partial charge in [0.15, 0.2) is 5.82 Å². The Morgan fingerprint density at radius 3 is 3.18 bits per heavy atom. The highest BCUT2D eigenvalue weighted by atomic mass is 35.5. The molecule has 2 aliphatic rings. The fourth-order valence-corrected chi connectivity index (χ4v) is 2.23. The number of aromatic nitrogens is 2. The fourth-order valence-electron chi connectivity index (χ4n) is 2.03. The minimum Gasteiger partial charge on any atom is -0.349 e. The van der Waals surface area contributed by atoms with Crippen LogP contribution in [0.15, 0.2) is 34.7 Å². The van der Waals surface area contributed by atoms with Crippen molar-refractivity contribution in [2.45, 2.75) is 13.3 Å². The molecule has 1 aromatic rings. The second-order valence-corrected chi connectivity index (χ2v) is 4.60. The number of allylic oxidation sites excluding steroid dienone is 1. The summed E-state index contributed by atoms with van der Waals surface area (Å²) in [6, 6.07) is 1.88. The molecule has 2 aliphatic heterocycles. The first kappa shape index (κ1) is 10.5. The summed E-state index contributed by atoms with van der Waals surface area (Å²) >= 11 is 6.03. The highest BCUT2D eigenvalue weighted by Gasteiger charge is 2.30. The number of fused-ring (bicyclic) bond motifs is 1. The van der Waals surface area contributed by atoms with Crippen LogP contribution < -0.4 is 5.32 Å². The molecule has 17 heavy (non-hydrogen) atoms. The van der Waals surface area contributed by atoms with Gasteiger partial charge >= 0.3 is 0 Å². The lowest BCUT2D eigenvalue weighted by atomic mass is 9.95. The number of hydrogen-bond acceptors (Lipinski definition) is 4. The van der Waals surface area contributed by atoms with Crippen LogP contribution in [0.5, 0.6) is 0 Å². The van der Waals surface area contributed by atoms with Gasteiger partial charge in [-0.15, -0.1) is 0 Å². The standard InChI is InChI=1S/C12H11ClN4/c1-7-2-3-14-12(17-7)10-6-16-11-9(10)4-8(13)5-15-11/h2-3,5-6,9H,4H2,1H3,(H,15,16). The van der Waals surface area contributed by atoms with Gasteiger partial charge in [-0.2, -0.15) is 0 Å². The van der Waals surface area contributed by atoms with E-state index in [9.17, 15) is 0 Å². The predicted molar refractivity (Wildman–Crippen MR) is 67.4 cm³/mol. The lowest BCUT2D eigenvalue weighted by molar-refractivity contribution is 0.851. The Morgan fingerprint density at radius 1 is 1.47 bits per heavy atom. The molecule has 0 aliphatic carbocycles. The van der Waals surface area contributed by atoms with E-state index in [1.807, 2.05) is 19.2 Å². The molecule has 0 aromatic carbocycles. The summed E-state index contributed by atoms with van der Waals surface area (Å²) in [4.78, 5) is 13.0. The van der Waals surface area contributed by atoms with Crippen molar-refractivity contribution in [3.05, 3.63) is 41.2 Å². The first-order valence-electron chi connectivity index (χ1n) is 5.43. The number of aliphatic imine (C=N–C) groups is 1. The zero-order valence-electron chi connectivity index (χ0n) is 9.31. The van der Waals surface area contributed by atoms with E-state index >= 15 is 0 Å². The molecule has 1 unspecified atom stereocenters. The molecule has 1 aromatic heterocycles. The van der Waals surface area contributed by atoms with E-state index in [0.717, 1.165) is 34.4 Å². The monoisotopic (exact) mass is 246 g/mol. The van der Waals surface area contributed by atoms with Crippen molar-refractivity contribution in [1.82, 2.24) is 15.3 Å². The minimum atomic E-state index is 0.161. The van der Waals surface area contributed by atoms with Crippen molar-refractivity contribution in [1.29, 1.82) is 0 Å². The number of amidine groups is 1. The first-order chi connectivity index (χ1) is 8.24. The molecule has 4 nitrogen and oxygen atoms in total. The van der Waals surface area contributed by atoms with Gasteiger partial charge < -0.3 is 5.32 Å². The zero-order chi connectivity index (χ0) is 11.8. The van der Waals surface area contributed by atoms with Crippen molar-refractivity contribution in [3.8, 4) is 0 Å². The number of nitrogens with one attached hydrogen (secondary N) is 1. The average molecular weight is 247 g/mol. The third kappa shape index (κ3) is 1.85. The van der Waals surface area contributed by atoms with Gasteiger partial charge in [-0.1, -0.05) is 11.6 Å². The van der Waals surface area contributed by atoms with E-state index < -0.39 is 0 Å². The number of halogens is 1. The maximum absolute atomic E-state index is 6.03. The molecule has 0 radical (unpaired) electrons. The topological polar surface area (TPSA) is 50.2 Å². The van der Waals surface area contributed by atoms with Crippen LogP contribution in [0.4, 0.5) is 0 Å². The average Bonchev–Trinajstić information content (AvgIpc) is 2.71. The van der Waals surface area contributed by atoms with Crippen molar-refractivity contribution in [2.24, 2.45) is 10.9 Å². The molecule has 3 rings (SSSR count). The SMILES string of the molecule is Cc1ccnc(C2=CNC3=NC=C(Cl)CC23)n1. The molecule has 5 heteroatoms. The Balaban J connectivity index is 1.97. The Morgan fingerprint density at radius 2 is 2.35 bits per heavy atom. The molecule has 0 spiro atoms. The highest BCUT2D eigenvalue weighted by molar-refractivity contribution is 6.30. The molecule has 0 saturated carbocycles. The lowest BCUT2D eigenvalue weighted by Crippen LogP contribution is -2.22. The van der Waals surface area contributed by atoms with Gasteiger partial charge in [-0.05, 0) is 19.4 Å². The quantitative estimate of drug-likeness (QED) is 0.827. The van der Waals surface area contributed by atoms with Crippen LogP contribution in [-0.2, 0) is 0 Å². The van der Waals surface area contributed by atoms with Crippen LogP contribution in [0, 0.1) is 12.8 Å². The largest absolute Gasteiger partial charge is 0.349 e. The van der Waals surface area contributed by atoms with Crippen molar-refractivity contribution in [2.75, 3.05) is 0 Å². The van der Waals surface area contributed by atoms with Crippen LogP contribution in [0.1, 0.15) is 17.9 Å². The molecule has 1 N–H and O–H groups in total. The summed E-state index contributed by atoms with van der Waals surface area (Å²) in [7, 11) is 0. The Bertz CT molecular complexity index is 559. The molecule has 86 valence electrons. The molecular formula is C12H11ClN4. The molecule has 0 saturated heterocycles. The van der Waals surface area contributed by atoms with Gasteiger partial charge in [0.25, 0.3) is 0 Å². The van der Waals surface area contributed by atoms with Crippen molar-refractivity contribution < 1.29 is 0 Å². The predicted octanol–water partition coefficient (Wildman–Crippen LogP) is 2.23. The summed E-state index contributed by atoms with van der Waals surface area (Å²) in [6.07, 6.45) is 6.14. The summed E-state index contributed by atoms with van der Waals surface area (Å²) in [5.41, 5.74) is 2.01.